The van der Waals surface area contributed by atoms with E-state index in [1.807, 2.05) is 92.6 Å². The molecule has 3 aromatic heterocycles. The van der Waals surface area contributed by atoms with Gasteiger partial charge in [-0.05, 0) is 264 Å². The molecular weight excluding hydrogens is 1060 g/mol. The lowest BCUT2D eigenvalue weighted by Gasteiger charge is -2.28. The number of nitrogens with zero attached hydrogens (tertiary/aromatic N) is 5. The van der Waals surface area contributed by atoms with Gasteiger partial charge in [-0.25, -0.2) is 22.0 Å². The highest BCUT2D eigenvalue weighted by molar-refractivity contribution is 6.31. The summed E-state index contributed by atoms with van der Waals surface area (Å²) in [6.45, 7) is 36.2. The molecule has 5 nitrogen and oxygen atoms in total. The molecule has 432 valence electrons. The second-order valence-corrected chi connectivity index (χ2v) is 21.6. The number of hydrogen-bond donors (Lipinski definition) is 0. The molecule has 0 aliphatic carbocycles. The third-order valence-corrected chi connectivity index (χ3v) is 14.7. The van der Waals surface area contributed by atoms with Crippen molar-refractivity contribution in [3.05, 3.63) is 227 Å². The molecule has 0 radical (unpaired) electrons. The number of rotatable bonds is 1. The maximum Gasteiger partial charge on any atom is 0.147 e. The number of aryl methyl sites for hydroxylation is 8. The lowest BCUT2D eigenvalue weighted by atomic mass is 9.99. The summed E-state index contributed by atoms with van der Waals surface area (Å²) in [6, 6.07) is 22.7. The predicted molar refractivity (Wildman–Crippen MR) is 327 cm³/mol. The molecule has 2 aliphatic heterocycles. The Bertz CT molecular complexity index is 2470. The van der Waals surface area contributed by atoms with Crippen molar-refractivity contribution in [1.82, 2.24) is 24.8 Å². The fourth-order valence-electron chi connectivity index (χ4n) is 7.09. The van der Waals surface area contributed by atoms with Crippen molar-refractivity contribution < 1.29 is 22.0 Å². The van der Waals surface area contributed by atoms with Crippen molar-refractivity contribution in [2.45, 2.75) is 130 Å². The van der Waals surface area contributed by atoms with Crippen LogP contribution in [0.15, 0.2) is 116 Å². The summed E-state index contributed by atoms with van der Waals surface area (Å²) in [5.41, 5.74) is 11.6. The van der Waals surface area contributed by atoms with Crippen LogP contribution in [0, 0.1) is 124 Å². The third-order valence-electron chi connectivity index (χ3n) is 13.5. The van der Waals surface area contributed by atoms with Gasteiger partial charge in [-0.2, -0.15) is 0 Å². The van der Waals surface area contributed by atoms with Crippen LogP contribution in [0.5, 0.6) is 0 Å². The minimum atomic E-state index is -0.602. The first-order valence-corrected chi connectivity index (χ1v) is 28.0. The van der Waals surface area contributed by atoms with Gasteiger partial charge < -0.3 is 9.80 Å². The monoisotopic (exact) mass is 1150 g/mol. The summed E-state index contributed by atoms with van der Waals surface area (Å²) < 4.78 is 61.9. The van der Waals surface area contributed by atoms with E-state index in [0.717, 1.165) is 89.4 Å². The van der Waals surface area contributed by atoms with Gasteiger partial charge in [0.25, 0.3) is 0 Å². The fourth-order valence-corrected chi connectivity index (χ4v) is 7.63. The van der Waals surface area contributed by atoms with Gasteiger partial charge in [0.2, 0.25) is 0 Å². The number of halogens is 8. The first kappa shape index (κ1) is 71.8. The molecule has 0 atom stereocenters. The summed E-state index contributed by atoms with van der Waals surface area (Å²) in [5.74, 6) is 0.338. The zero-order chi connectivity index (χ0) is 59.8. The lowest BCUT2D eigenvalue weighted by molar-refractivity contribution is 0.201. The first-order chi connectivity index (χ1) is 37.2. The van der Waals surface area contributed by atoms with E-state index in [0.29, 0.717) is 0 Å². The zero-order valence-corrected chi connectivity index (χ0v) is 52.0. The number of aromatic nitrogens is 3. The van der Waals surface area contributed by atoms with E-state index < -0.39 is 11.6 Å². The van der Waals surface area contributed by atoms with Gasteiger partial charge in [-0.15, -0.1) is 0 Å². The van der Waals surface area contributed by atoms with Crippen molar-refractivity contribution in [2.24, 2.45) is 11.8 Å². The Labute approximate surface area is 487 Å². The Morgan fingerprint density at radius 2 is 0.924 bits per heavy atom. The minimum absolute atomic E-state index is 0.0185. The van der Waals surface area contributed by atoms with Crippen molar-refractivity contribution >= 4 is 34.8 Å². The van der Waals surface area contributed by atoms with Gasteiger partial charge in [-0.1, -0.05) is 92.0 Å². The molecule has 2 fully saturated rings. The highest BCUT2D eigenvalue weighted by Gasteiger charge is 2.13. The molecule has 7 aromatic rings. The van der Waals surface area contributed by atoms with E-state index in [2.05, 4.69) is 65.6 Å². The molecule has 0 bridgehead atoms. The first-order valence-electron chi connectivity index (χ1n) is 26.9. The van der Waals surface area contributed by atoms with E-state index >= 15 is 0 Å². The fraction of sp³-hybridized carbons (Fsp3) is 0.409. The molecule has 5 heterocycles. The molecule has 79 heavy (non-hydrogen) atoms. The Morgan fingerprint density at radius 1 is 0.430 bits per heavy atom. The van der Waals surface area contributed by atoms with Crippen LogP contribution in [0.4, 0.5) is 22.0 Å². The Hall–Kier alpha value is -5.23. The summed E-state index contributed by atoms with van der Waals surface area (Å²) >= 11 is 17.2. The molecule has 13 heteroatoms. The van der Waals surface area contributed by atoms with E-state index in [9.17, 15) is 22.0 Å². The average Bonchev–Trinajstić information content (AvgIpc) is 3.40. The van der Waals surface area contributed by atoms with Crippen LogP contribution in [0.3, 0.4) is 0 Å². The predicted octanol–water partition coefficient (Wildman–Crippen LogP) is 19.4. The SMILES string of the molecule is CC1CCN(C)CC1.CCN1CCC(C)CC1.Cc1c(F)cncc1F.Cc1cc(C)cc(F)c1.Cc1ccc(F)cc1C.Cc1cccc(Cl)c1C.Cc1cccc(F)c1C.Cc1ccncc1Cl.Cc1cncc(Cl)c1C. The molecule has 0 amide bonds. The van der Waals surface area contributed by atoms with Crippen molar-refractivity contribution in [2.75, 3.05) is 39.8 Å². The third kappa shape index (κ3) is 30.8. The van der Waals surface area contributed by atoms with Crippen LogP contribution < -0.4 is 0 Å². The summed E-state index contributed by atoms with van der Waals surface area (Å²) in [4.78, 5) is 16.0. The van der Waals surface area contributed by atoms with Crippen molar-refractivity contribution in [1.29, 1.82) is 0 Å². The quantitative estimate of drug-likeness (QED) is 0.153. The van der Waals surface area contributed by atoms with Crippen molar-refractivity contribution in [3.8, 4) is 0 Å². The summed E-state index contributed by atoms with van der Waals surface area (Å²) in [6.07, 6.45) is 14.4. The largest absolute Gasteiger partial charge is 0.306 e. The van der Waals surface area contributed by atoms with Crippen LogP contribution in [-0.4, -0.2) is 64.5 Å². The Balaban J connectivity index is 0.000000445. The molecule has 0 unspecified atom stereocenters. The minimum Gasteiger partial charge on any atom is -0.306 e. The van der Waals surface area contributed by atoms with Crippen LogP contribution >= 0.6 is 34.8 Å². The Kier molecular flexibility index (Phi) is 35.6. The number of pyridine rings is 3. The van der Waals surface area contributed by atoms with Crippen molar-refractivity contribution in [3.63, 3.8) is 0 Å². The standard InChI is InChI=1S/C8H9Cl.3C8H9F.C8H17N.C7H8ClN.C7H15N.C6H6ClN.C6H5F2N/c1-6-4-3-5-8(9)7(6)2;1-6-3-7(2)5-8(9)4-6;1-6-3-4-8(9)5-7(6)2;1-6-4-3-5-8(9)7(6)2;1-3-9-6-4-8(2)5-7-9;1-5-3-9-4-7(8)6(5)2;1-7-3-5-8(2)6-4-7;1-5-2-3-8-4-6(5)7;1-4-5(7)2-9-3-6(4)8/h4*3-5H,1-2H3;8H,3-7H2,1-2H3;3-4H,1-2H3;7H,3-6H2,1-2H3;2-4H,1H3;2-3H,1H3. The van der Waals surface area contributed by atoms with Gasteiger partial charge >= 0.3 is 0 Å². The maximum absolute atomic E-state index is 12.6. The molecule has 0 N–H and O–H groups in total. The second-order valence-electron chi connectivity index (χ2n) is 20.4. The van der Waals surface area contributed by atoms with E-state index in [4.69, 9.17) is 34.8 Å². The van der Waals surface area contributed by atoms with Gasteiger partial charge in [0.1, 0.15) is 29.1 Å². The van der Waals surface area contributed by atoms with E-state index in [-0.39, 0.29) is 23.0 Å². The smallest absolute Gasteiger partial charge is 0.147 e. The maximum atomic E-state index is 12.6. The number of hydrogen-bond acceptors (Lipinski definition) is 5. The normalized spacial score (nSPS) is 13.0. The molecule has 4 aromatic carbocycles. The second kappa shape index (κ2) is 39.2. The summed E-state index contributed by atoms with van der Waals surface area (Å²) in [5, 5.41) is 2.33. The van der Waals surface area contributed by atoms with Gasteiger partial charge in [-0.3, -0.25) is 15.0 Å². The molecule has 2 aliphatic rings. The highest BCUT2D eigenvalue weighted by Crippen LogP contribution is 2.19. The van der Waals surface area contributed by atoms with Gasteiger partial charge in [0, 0.05) is 35.4 Å². The van der Waals surface area contributed by atoms with Crippen LogP contribution in [0.1, 0.15) is 113 Å². The van der Waals surface area contributed by atoms with Crippen LogP contribution in [-0.2, 0) is 0 Å². The molecule has 0 spiro atoms. The van der Waals surface area contributed by atoms with Crippen LogP contribution in [0.2, 0.25) is 15.1 Å². The topological polar surface area (TPSA) is 45.2 Å². The molecule has 9 rings (SSSR count). The van der Waals surface area contributed by atoms with Gasteiger partial charge in [0.15, 0.2) is 0 Å². The number of piperidine rings is 2. The Morgan fingerprint density at radius 3 is 1.30 bits per heavy atom. The molecule has 0 saturated carbocycles. The van der Waals surface area contributed by atoms with E-state index in [1.165, 1.54) is 107 Å². The average molecular weight is 1150 g/mol. The summed E-state index contributed by atoms with van der Waals surface area (Å²) in [7, 11) is 2.20. The lowest BCUT2D eigenvalue weighted by Crippen LogP contribution is -2.32. The number of likely N-dealkylation sites (tertiary alicyclic amines) is 2. The van der Waals surface area contributed by atoms with Crippen LogP contribution in [0.25, 0.3) is 0 Å². The zero-order valence-electron chi connectivity index (χ0n) is 49.7. The van der Waals surface area contributed by atoms with E-state index in [1.54, 1.807) is 43.8 Å². The number of benzene rings is 4. The van der Waals surface area contributed by atoms with Gasteiger partial charge in [0.05, 0.1) is 22.4 Å². The highest BCUT2D eigenvalue weighted by atomic mass is 35.5. The molecule has 2 saturated heterocycles. The molecular formula is C66H87Cl3F5N5.